The van der Waals surface area contributed by atoms with Gasteiger partial charge in [-0.2, -0.15) is 0 Å². The molecule has 0 aromatic heterocycles. The predicted octanol–water partition coefficient (Wildman–Crippen LogP) is 4.00. The Balaban J connectivity index is 1.72. The average Bonchev–Trinajstić information content (AvgIpc) is 3.25. The lowest BCUT2D eigenvalue weighted by molar-refractivity contribution is 0.102. The lowest BCUT2D eigenvalue weighted by Crippen LogP contribution is -2.41. The van der Waals surface area contributed by atoms with Crippen molar-refractivity contribution in [2.24, 2.45) is 0 Å². The Kier molecular flexibility index (Phi) is 6.98. The van der Waals surface area contributed by atoms with Crippen molar-refractivity contribution in [2.45, 2.75) is 19.5 Å². The number of aliphatic hydroxyl groups excluding tert-OH is 1. The van der Waals surface area contributed by atoms with Crippen molar-refractivity contribution in [2.75, 3.05) is 17.2 Å². The maximum atomic E-state index is 15.2. The van der Waals surface area contributed by atoms with Gasteiger partial charge in [-0.1, -0.05) is 30.7 Å². The minimum atomic E-state index is -3.87. The van der Waals surface area contributed by atoms with E-state index in [0.29, 0.717) is 22.6 Å². The Morgan fingerprint density at radius 3 is 2.57 bits per heavy atom. The number of fused-ring (bicyclic) bond motifs is 1. The highest BCUT2D eigenvalue weighted by molar-refractivity contribution is 7.92. The van der Waals surface area contributed by atoms with Crippen LogP contribution in [0.4, 0.5) is 14.5 Å². The number of anilines is 1. The first kappa shape index (κ1) is 24.9. The van der Waals surface area contributed by atoms with Gasteiger partial charge < -0.3 is 15.3 Å². The van der Waals surface area contributed by atoms with E-state index in [-0.39, 0.29) is 11.3 Å². The summed E-state index contributed by atoms with van der Waals surface area (Å²) in [5.74, 6) is -3.65. The third kappa shape index (κ3) is 4.95. The number of hydrogen-bond acceptors (Lipinski definition) is 6. The average molecular weight is 522 g/mol. The number of carbonyl (C=O) groups excluding carboxylic acids is 1. The number of carbonyl (C=O) groups is 1. The molecule has 0 amide bonds. The zero-order chi connectivity index (χ0) is 25.3. The van der Waals surface area contributed by atoms with Crippen LogP contribution in [0.2, 0.25) is 5.02 Å². The molecule has 4 rings (SSSR count). The number of benzene rings is 2. The number of allylic oxidation sites excluding steroid dienone is 2. The summed E-state index contributed by atoms with van der Waals surface area (Å²) in [4.78, 5) is 14.9. The summed E-state index contributed by atoms with van der Waals surface area (Å²) in [5.41, 5.74) is 0.386. The molecule has 2 aromatic carbocycles. The maximum Gasteiger partial charge on any atom is 0.232 e. The lowest BCUT2D eigenvalue weighted by atomic mass is 9.91. The van der Waals surface area contributed by atoms with Crippen LogP contribution in [0, 0.1) is 11.6 Å². The number of ketones is 1. The zero-order valence-corrected chi connectivity index (χ0v) is 20.1. The van der Waals surface area contributed by atoms with E-state index in [1.807, 2.05) is 0 Å². The Hall–Kier alpha value is -3.21. The number of rotatable bonds is 8. The van der Waals surface area contributed by atoms with Crippen molar-refractivity contribution >= 4 is 38.7 Å². The van der Waals surface area contributed by atoms with Gasteiger partial charge in [0.15, 0.2) is 5.82 Å². The molecule has 11 heteroatoms. The normalized spacial score (nSPS) is 17.2. The molecular formula is C24H22ClF2N3O4S. The topological polar surface area (TPSA) is 98.7 Å². The van der Waals surface area contributed by atoms with E-state index in [0.717, 1.165) is 17.7 Å². The summed E-state index contributed by atoms with van der Waals surface area (Å²) in [5, 5.41) is 13.3. The van der Waals surface area contributed by atoms with Gasteiger partial charge in [-0.15, -0.1) is 0 Å². The molecule has 0 saturated heterocycles. The Morgan fingerprint density at radius 2 is 1.91 bits per heavy atom. The van der Waals surface area contributed by atoms with Crippen LogP contribution in [-0.4, -0.2) is 42.9 Å². The zero-order valence-electron chi connectivity index (χ0n) is 18.6. The fraction of sp³-hybridized carbons (Fsp3) is 0.208. The van der Waals surface area contributed by atoms with Gasteiger partial charge in [0.1, 0.15) is 18.7 Å². The van der Waals surface area contributed by atoms with Gasteiger partial charge >= 0.3 is 0 Å². The number of sulfonamides is 1. The molecule has 2 aliphatic rings. The SMILES string of the molecule is CCCS(=O)(=O)Nc1ccc(F)c(C(=O)C2=CNC3C2=CC(c2ccc(Cl)cc2)=CN3CO)c1F. The second-order valence-electron chi connectivity index (χ2n) is 8.01. The number of halogens is 3. The van der Waals surface area contributed by atoms with Gasteiger partial charge in [0.05, 0.1) is 17.0 Å². The molecule has 3 N–H and O–H groups in total. The fourth-order valence-corrected chi connectivity index (χ4v) is 5.21. The van der Waals surface area contributed by atoms with Crippen LogP contribution >= 0.6 is 11.6 Å². The molecule has 2 heterocycles. The summed E-state index contributed by atoms with van der Waals surface area (Å²) < 4.78 is 56.2. The second-order valence-corrected chi connectivity index (χ2v) is 10.3. The number of Topliss-reactive ketones (excluding diaryl/α,β-unsaturated/α-hetero) is 1. The van der Waals surface area contributed by atoms with Gasteiger partial charge in [0.2, 0.25) is 15.8 Å². The van der Waals surface area contributed by atoms with Gasteiger partial charge in [-0.3, -0.25) is 9.52 Å². The summed E-state index contributed by atoms with van der Waals surface area (Å²) in [6.07, 6.45) is 4.37. The molecule has 2 aromatic rings. The molecule has 35 heavy (non-hydrogen) atoms. The largest absolute Gasteiger partial charge is 0.376 e. The van der Waals surface area contributed by atoms with Crippen LogP contribution in [0.15, 0.2) is 66.0 Å². The standard InChI is InChI=1S/C24H22ClF2N3O4S/c1-2-9-35(33,34)29-20-8-7-19(26)21(22(20)27)23(32)18-11-28-24-17(18)10-15(12-30(24)13-31)14-3-5-16(25)6-4-14/h3-8,10-12,24,28-29,31H,2,9,13H2,1H3. The van der Waals surface area contributed by atoms with Crippen LogP contribution in [0.3, 0.4) is 0 Å². The summed E-state index contributed by atoms with van der Waals surface area (Å²) in [6.45, 7) is 1.25. The molecule has 1 atom stereocenters. The minimum absolute atomic E-state index is 0.0145. The van der Waals surface area contributed by atoms with Crippen LogP contribution in [0.1, 0.15) is 29.3 Å². The van der Waals surface area contributed by atoms with Gasteiger partial charge in [0, 0.05) is 28.6 Å². The molecule has 0 radical (unpaired) electrons. The molecule has 0 bridgehead atoms. The Labute approximate surface area is 206 Å². The van der Waals surface area contributed by atoms with Gasteiger partial charge in [-0.05, 0) is 47.9 Å². The maximum absolute atomic E-state index is 15.2. The Morgan fingerprint density at radius 1 is 1.20 bits per heavy atom. The third-order valence-corrected chi connectivity index (χ3v) is 7.31. The van der Waals surface area contributed by atoms with E-state index in [9.17, 15) is 22.7 Å². The predicted molar refractivity (Wildman–Crippen MR) is 130 cm³/mol. The van der Waals surface area contributed by atoms with Gasteiger partial charge in [0.25, 0.3) is 0 Å². The molecule has 0 spiro atoms. The van der Waals surface area contributed by atoms with Crippen molar-refractivity contribution in [1.29, 1.82) is 0 Å². The quantitative estimate of drug-likeness (QED) is 0.454. The highest BCUT2D eigenvalue weighted by atomic mass is 35.5. The molecule has 2 aliphatic heterocycles. The lowest BCUT2D eigenvalue weighted by Gasteiger charge is -2.32. The van der Waals surface area contributed by atoms with Crippen molar-refractivity contribution in [3.8, 4) is 0 Å². The molecule has 0 fully saturated rings. The van der Waals surface area contributed by atoms with Crippen LogP contribution in [0.5, 0.6) is 0 Å². The van der Waals surface area contributed by atoms with Crippen LogP contribution in [-0.2, 0) is 10.0 Å². The first-order chi connectivity index (χ1) is 16.6. The second kappa shape index (κ2) is 9.80. The van der Waals surface area contributed by atoms with E-state index >= 15 is 4.39 Å². The summed E-state index contributed by atoms with van der Waals surface area (Å²) in [7, 11) is -3.87. The minimum Gasteiger partial charge on any atom is -0.376 e. The number of nitrogens with one attached hydrogen (secondary N) is 2. The first-order valence-electron chi connectivity index (χ1n) is 10.7. The van der Waals surface area contributed by atoms with E-state index < -0.39 is 51.6 Å². The number of nitrogens with zero attached hydrogens (tertiary/aromatic N) is 1. The molecular weight excluding hydrogens is 500 g/mol. The van der Waals surface area contributed by atoms with Crippen molar-refractivity contribution in [1.82, 2.24) is 10.2 Å². The van der Waals surface area contributed by atoms with Gasteiger partial charge in [-0.25, -0.2) is 17.2 Å². The summed E-state index contributed by atoms with van der Waals surface area (Å²) >= 11 is 5.97. The molecule has 0 aliphatic carbocycles. The number of aliphatic hydroxyl groups is 1. The van der Waals surface area contributed by atoms with E-state index in [4.69, 9.17) is 11.6 Å². The number of hydrogen-bond donors (Lipinski definition) is 3. The van der Waals surface area contributed by atoms with E-state index in [1.165, 1.54) is 11.1 Å². The highest BCUT2D eigenvalue weighted by Crippen LogP contribution is 2.35. The Bertz CT molecular complexity index is 1370. The van der Waals surface area contributed by atoms with Crippen LogP contribution in [0.25, 0.3) is 5.57 Å². The van der Waals surface area contributed by atoms with E-state index in [2.05, 4.69) is 10.0 Å². The highest BCUT2D eigenvalue weighted by Gasteiger charge is 2.36. The smallest absolute Gasteiger partial charge is 0.232 e. The molecule has 184 valence electrons. The van der Waals surface area contributed by atoms with Crippen molar-refractivity contribution < 1.29 is 27.1 Å². The van der Waals surface area contributed by atoms with Crippen molar-refractivity contribution in [3.05, 3.63) is 93.8 Å². The fourth-order valence-electron chi connectivity index (χ4n) is 3.95. The van der Waals surface area contributed by atoms with E-state index in [1.54, 1.807) is 43.5 Å². The first-order valence-corrected chi connectivity index (χ1v) is 12.7. The summed E-state index contributed by atoms with van der Waals surface area (Å²) in [6, 6.07) is 8.69. The molecule has 0 saturated carbocycles. The van der Waals surface area contributed by atoms with Crippen molar-refractivity contribution in [3.63, 3.8) is 0 Å². The van der Waals surface area contributed by atoms with Crippen LogP contribution < -0.4 is 10.0 Å². The molecule has 7 nitrogen and oxygen atoms in total. The third-order valence-electron chi connectivity index (χ3n) is 5.58. The monoisotopic (exact) mass is 521 g/mol. The molecule has 1 unspecified atom stereocenters.